The molecule has 1 aliphatic carbocycles. The summed E-state index contributed by atoms with van der Waals surface area (Å²) in [6, 6.07) is 0.0104. The van der Waals surface area contributed by atoms with Crippen molar-refractivity contribution in [1.29, 1.82) is 0 Å². The highest BCUT2D eigenvalue weighted by Crippen LogP contribution is 2.31. The first-order valence-corrected chi connectivity index (χ1v) is 6.73. The summed E-state index contributed by atoms with van der Waals surface area (Å²) in [7, 11) is 3.65. The van der Waals surface area contributed by atoms with Crippen LogP contribution < -0.4 is 0 Å². The van der Waals surface area contributed by atoms with Crippen molar-refractivity contribution in [3.8, 4) is 0 Å². The van der Waals surface area contributed by atoms with Gasteiger partial charge in [0.25, 0.3) is 0 Å². The quantitative estimate of drug-likeness (QED) is 0.688. The van der Waals surface area contributed by atoms with Gasteiger partial charge in [0.05, 0.1) is 7.11 Å². The van der Waals surface area contributed by atoms with Crippen LogP contribution in [-0.2, 0) is 9.53 Å². The summed E-state index contributed by atoms with van der Waals surface area (Å²) in [4.78, 5) is 16.7. The number of piperazine rings is 1. The van der Waals surface area contributed by atoms with E-state index in [1.165, 1.54) is 32.8 Å². The predicted octanol–water partition coefficient (Wildman–Crippen LogP) is 0.966. The molecule has 1 unspecified atom stereocenters. The number of methoxy groups -OCH3 is 1. The van der Waals surface area contributed by atoms with Gasteiger partial charge in [-0.3, -0.25) is 9.69 Å². The number of carbonyl (C=O) groups is 1. The second-order valence-corrected chi connectivity index (χ2v) is 5.35. The van der Waals surface area contributed by atoms with Gasteiger partial charge < -0.3 is 9.64 Å². The molecule has 2 fully saturated rings. The van der Waals surface area contributed by atoms with Gasteiger partial charge in [0.1, 0.15) is 6.04 Å². The molecule has 98 valence electrons. The topological polar surface area (TPSA) is 32.8 Å². The van der Waals surface area contributed by atoms with Crippen LogP contribution in [0.2, 0.25) is 0 Å². The number of rotatable bonds is 3. The highest BCUT2D eigenvalue weighted by molar-refractivity contribution is 5.76. The Hall–Kier alpha value is -0.610. The van der Waals surface area contributed by atoms with Crippen molar-refractivity contribution in [1.82, 2.24) is 9.80 Å². The number of nitrogens with zero attached hydrogens (tertiary/aromatic N) is 2. The summed E-state index contributed by atoms with van der Waals surface area (Å²) < 4.78 is 5.01. The Kier molecular flexibility index (Phi) is 4.40. The Bertz CT molecular complexity index is 256. The van der Waals surface area contributed by atoms with Gasteiger partial charge in [-0.15, -0.1) is 0 Å². The first kappa shape index (κ1) is 12.8. The second kappa shape index (κ2) is 5.83. The highest BCUT2D eigenvalue weighted by atomic mass is 16.5. The molecule has 0 aromatic heterocycles. The molecular formula is C13H24N2O2. The smallest absolute Gasteiger partial charge is 0.323 e. The molecule has 4 nitrogen and oxygen atoms in total. The third kappa shape index (κ3) is 2.99. The van der Waals surface area contributed by atoms with E-state index in [-0.39, 0.29) is 12.0 Å². The van der Waals surface area contributed by atoms with E-state index in [9.17, 15) is 4.79 Å². The minimum atomic E-state index is -0.0264. The van der Waals surface area contributed by atoms with Crippen LogP contribution in [0.3, 0.4) is 0 Å². The normalized spacial score (nSPS) is 26.0. The van der Waals surface area contributed by atoms with Crippen molar-refractivity contribution in [3.05, 3.63) is 0 Å². The van der Waals surface area contributed by atoms with Gasteiger partial charge in [0, 0.05) is 26.2 Å². The van der Waals surface area contributed by atoms with E-state index in [2.05, 4.69) is 16.8 Å². The van der Waals surface area contributed by atoms with Gasteiger partial charge in [0.2, 0.25) is 0 Å². The van der Waals surface area contributed by atoms with Crippen molar-refractivity contribution in [2.75, 3.05) is 40.3 Å². The van der Waals surface area contributed by atoms with Gasteiger partial charge in [-0.25, -0.2) is 0 Å². The lowest BCUT2D eigenvalue weighted by atomic mass is 9.96. The summed E-state index contributed by atoms with van der Waals surface area (Å²) in [6.07, 6.45) is 4.91. The van der Waals surface area contributed by atoms with E-state index in [0.29, 0.717) is 5.92 Å². The van der Waals surface area contributed by atoms with Gasteiger partial charge in [-0.2, -0.15) is 0 Å². The lowest BCUT2D eigenvalue weighted by Gasteiger charge is -2.38. The molecule has 1 saturated carbocycles. The molecule has 0 amide bonds. The molecule has 2 aliphatic rings. The Morgan fingerprint density at radius 2 is 1.76 bits per heavy atom. The van der Waals surface area contributed by atoms with Crippen LogP contribution in [0.15, 0.2) is 0 Å². The summed E-state index contributed by atoms with van der Waals surface area (Å²) in [5.74, 6) is 0.493. The third-order valence-corrected chi connectivity index (χ3v) is 4.22. The van der Waals surface area contributed by atoms with Crippen LogP contribution in [0.4, 0.5) is 0 Å². The van der Waals surface area contributed by atoms with E-state index in [1.54, 1.807) is 0 Å². The molecule has 17 heavy (non-hydrogen) atoms. The van der Waals surface area contributed by atoms with Crippen molar-refractivity contribution in [3.63, 3.8) is 0 Å². The maximum Gasteiger partial charge on any atom is 0.323 e. The lowest BCUT2D eigenvalue weighted by molar-refractivity contribution is -0.150. The zero-order valence-electron chi connectivity index (χ0n) is 11.0. The fourth-order valence-electron chi connectivity index (χ4n) is 3.13. The molecule has 4 heteroatoms. The maximum atomic E-state index is 12.0. The molecule has 1 aliphatic heterocycles. The first-order valence-electron chi connectivity index (χ1n) is 6.73. The van der Waals surface area contributed by atoms with Gasteiger partial charge >= 0.3 is 5.97 Å². The molecule has 1 saturated heterocycles. The SMILES string of the molecule is COC(=O)C(C1CCCC1)N1CCN(C)CC1. The Morgan fingerprint density at radius 3 is 2.29 bits per heavy atom. The number of ether oxygens (including phenoxy) is 1. The fourth-order valence-corrected chi connectivity index (χ4v) is 3.13. The molecule has 0 aromatic rings. The van der Waals surface area contributed by atoms with Crippen molar-refractivity contribution in [2.45, 2.75) is 31.7 Å². The van der Waals surface area contributed by atoms with Gasteiger partial charge in [-0.1, -0.05) is 12.8 Å². The zero-order valence-corrected chi connectivity index (χ0v) is 11.0. The minimum Gasteiger partial charge on any atom is -0.468 e. The molecule has 1 atom stereocenters. The Balaban J connectivity index is 2.01. The lowest BCUT2D eigenvalue weighted by Crippen LogP contribution is -2.54. The Labute approximate surface area is 104 Å². The summed E-state index contributed by atoms with van der Waals surface area (Å²) in [6.45, 7) is 4.10. The minimum absolute atomic E-state index is 0.0104. The van der Waals surface area contributed by atoms with E-state index >= 15 is 0 Å². The van der Waals surface area contributed by atoms with E-state index in [1.807, 2.05) is 0 Å². The average Bonchev–Trinajstić information content (AvgIpc) is 2.85. The highest BCUT2D eigenvalue weighted by Gasteiger charge is 2.36. The molecular weight excluding hydrogens is 216 g/mol. The van der Waals surface area contributed by atoms with Crippen LogP contribution in [0.5, 0.6) is 0 Å². The number of esters is 1. The fraction of sp³-hybridized carbons (Fsp3) is 0.923. The number of hydrogen-bond acceptors (Lipinski definition) is 4. The zero-order chi connectivity index (χ0) is 12.3. The van der Waals surface area contributed by atoms with Crippen LogP contribution in [0, 0.1) is 5.92 Å². The predicted molar refractivity (Wildman–Crippen MR) is 66.8 cm³/mol. The maximum absolute atomic E-state index is 12.0. The number of likely N-dealkylation sites (N-methyl/N-ethyl adjacent to an activating group) is 1. The van der Waals surface area contributed by atoms with Crippen molar-refractivity contribution in [2.24, 2.45) is 5.92 Å². The molecule has 0 spiro atoms. The van der Waals surface area contributed by atoms with Gasteiger partial charge in [0.15, 0.2) is 0 Å². The van der Waals surface area contributed by atoms with Crippen LogP contribution in [0.25, 0.3) is 0 Å². The first-order chi connectivity index (χ1) is 8.22. The average molecular weight is 240 g/mol. The van der Waals surface area contributed by atoms with Crippen molar-refractivity contribution < 1.29 is 9.53 Å². The van der Waals surface area contributed by atoms with Gasteiger partial charge in [-0.05, 0) is 25.8 Å². The molecule has 2 rings (SSSR count). The van der Waals surface area contributed by atoms with Crippen LogP contribution in [0.1, 0.15) is 25.7 Å². The van der Waals surface area contributed by atoms with Crippen LogP contribution in [-0.4, -0.2) is 62.1 Å². The summed E-state index contributed by atoms with van der Waals surface area (Å²) >= 11 is 0. The molecule has 1 heterocycles. The molecule has 0 N–H and O–H groups in total. The third-order valence-electron chi connectivity index (χ3n) is 4.22. The summed E-state index contributed by atoms with van der Waals surface area (Å²) in [5.41, 5.74) is 0. The molecule has 0 radical (unpaired) electrons. The van der Waals surface area contributed by atoms with E-state index < -0.39 is 0 Å². The van der Waals surface area contributed by atoms with E-state index in [0.717, 1.165) is 26.2 Å². The molecule has 0 bridgehead atoms. The summed E-state index contributed by atoms with van der Waals surface area (Å²) in [5, 5.41) is 0. The monoisotopic (exact) mass is 240 g/mol. The second-order valence-electron chi connectivity index (χ2n) is 5.35. The standard InChI is InChI=1S/C13H24N2O2/c1-14-7-9-15(10-8-14)12(13(16)17-2)11-5-3-4-6-11/h11-12H,3-10H2,1-2H3. The van der Waals surface area contributed by atoms with Crippen LogP contribution >= 0.6 is 0 Å². The number of hydrogen-bond donors (Lipinski definition) is 0. The number of carbonyl (C=O) groups excluding carboxylic acids is 1. The largest absolute Gasteiger partial charge is 0.468 e. The van der Waals surface area contributed by atoms with Crippen molar-refractivity contribution >= 4 is 5.97 Å². The van der Waals surface area contributed by atoms with E-state index in [4.69, 9.17) is 4.74 Å². The molecule has 0 aromatic carbocycles. The Morgan fingerprint density at radius 1 is 1.18 bits per heavy atom.